The second kappa shape index (κ2) is 19.3. The molecule has 5 aliphatic rings. The van der Waals surface area contributed by atoms with Gasteiger partial charge in [0.2, 0.25) is 5.91 Å². The Balaban J connectivity index is 1.44. The zero-order chi connectivity index (χ0) is 49.7. The Hall–Kier alpha value is -5.12. The number of hydrogen-bond donors (Lipinski definition) is 6. The van der Waals surface area contributed by atoms with Crippen molar-refractivity contribution in [3.05, 3.63) is 82.9 Å². The second-order valence-corrected chi connectivity index (χ2v) is 19.2. The zero-order valence-electron chi connectivity index (χ0n) is 39.0. The normalized spacial score (nSPS) is 35.9. The number of fused-ring (bicyclic) bond motifs is 5. The van der Waals surface area contributed by atoms with Gasteiger partial charge in [0.15, 0.2) is 29.9 Å². The molecule has 370 valence electrons. The molecule has 19 nitrogen and oxygen atoms in total. The van der Waals surface area contributed by atoms with Gasteiger partial charge < -0.3 is 64.0 Å². The van der Waals surface area contributed by atoms with Gasteiger partial charge in [0.1, 0.15) is 42.2 Å². The van der Waals surface area contributed by atoms with Gasteiger partial charge >= 0.3 is 23.9 Å². The molecule has 0 radical (unpaired) electrons. The van der Waals surface area contributed by atoms with E-state index in [2.05, 4.69) is 5.32 Å². The van der Waals surface area contributed by atoms with E-state index in [1.54, 1.807) is 55.5 Å². The first-order chi connectivity index (χ1) is 32.0. The number of ether oxygens (including phenoxy) is 7. The molecule has 2 aromatic rings. The lowest BCUT2D eigenvalue weighted by Gasteiger charge is -2.68. The third kappa shape index (κ3) is 8.76. The zero-order valence-corrected chi connectivity index (χ0v) is 39.0. The summed E-state index contributed by atoms with van der Waals surface area (Å²) >= 11 is 0. The van der Waals surface area contributed by atoms with E-state index in [4.69, 9.17) is 33.2 Å². The maximum absolute atomic E-state index is 16.1. The first-order valence-corrected chi connectivity index (χ1v) is 22.8. The summed E-state index contributed by atoms with van der Waals surface area (Å²) in [5.74, 6) is -7.06. The van der Waals surface area contributed by atoms with Crippen molar-refractivity contribution in [2.75, 3.05) is 13.2 Å². The molecule has 7 rings (SSSR count). The van der Waals surface area contributed by atoms with Gasteiger partial charge in [0.25, 0.3) is 0 Å². The molecule has 1 unspecified atom stereocenters. The predicted molar refractivity (Wildman–Crippen MR) is 233 cm³/mol. The van der Waals surface area contributed by atoms with E-state index in [1.807, 2.05) is 0 Å². The van der Waals surface area contributed by atoms with Crippen LogP contribution in [0.3, 0.4) is 0 Å². The fourth-order valence-electron chi connectivity index (χ4n) is 11.1. The molecule has 2 saturated carbocycles. The van der Waals surface area contributed by atoms with E-state index in [9.17, 15) is 49.5 Å². The average molecular weight is 952 g/mol. The van der Waals surface area contributed by atoms with E-state index in [0.717, 1.165) is 13.8 Å². The minimum Gasteiger partial charge on any atom is -0.456 e. The fourth-order valence-corrected chi connectivity index (χ4v) is 11.1. The highest BCUT2D eigenvalue weighted by Gasteiger charge is 2.79. The average Bonchev–Trinajstić information content (AvgIpc) is 3.28. The van der Waals surface area contributed by atoms with Crippen LogP contribution in [-0.4, -0.2) is 147 Å². The summed E-state index contributed by atoms with van der Waals surface area (Å²) in [7, 11) is 0. The van der Waals surface area contributed by atoms with Crippen LogP contribution in [0.15, 0.2) is 71.8 Å². The van der Waals surface area contributed by atoms with Crippen LogP contribution in [0.5, 0.6) is 0 Å². The van der Waals surface area contributed by atoms with Crippen molar-refractivity contribution >= 4 is 35.6 Å². The number of nitrogens with one attached hydrogen (secondary N) is 1. The molecule has 0 spiro atoms. The van der Waals surface area contributed by atoms with Crippen molar-refractivity contribution in [1.82, 2.24) is 5.32 Å². The first kappa shape index (κ1) is 50.7. The van der Waals surface area contributed by atoms with Crippen molar-refractivity contribution in [2.45, 2.75) is 153 Å². The standard InChI is InChI=1S/C49H61NO18/c1-8-15-33(54)50-35(27-16-11-9-12-17-27)37(56)44(60)65-30-21-49(61)42(67-43(59)28-18-13-10-14-19-28)40-47(7,41(58)39(64-25(3)51)34(24(30)2)46(49,5)6)31(20-32-48(40,23-63-32)68-26(4)52)66-45-38(57)36(55)29(53)22-62-45/h9-14,16-19,29-32,35-40,42,45,53,55-57,61H,8,15,20-23H2,1-7H3,(H,50,54)/t29-,30+,31+,32-,35+,36+,37-,38-,39?,40+,42+,45+,47-,48+,49-/m1/s1. The van der Waals surface area contributed by atoms with Crippen molar-refractivity contribution in [3.8, 4) is 0 Å². The van der Waals surface area contributed by atoms with Crippen LogP contribution < -0.4 is 5.32 Å². The highest BCUT2D eigenvalue weighted by atomic mass is 16.7. The van der Waals surface area contributed by atoms with Gasteiger partial charge in [-0.3, -0.25) is 19.2 Å². The molecular formula is C49H61NO18. The van der Waals surface area contributed by atoms with E-state index in [1.165, 1.54) is 39.8 Å². The molecular weight excluding hydrogens is 891 g/mol. The summed E-state index contributed by atoms with van der Waals surface area (Å²) in [6.45, 7) is 9.06. The molecule has 15 atom stereocenters. The smallest absolute Gasteiger partial charge is 0.338 e. The molecule has 6 N–H and O–H groups in total. The molecule has 0 aromatic heterocycles. The number of carbonyl (C=O) groups excluding carboxylic acids is 6. The topological polar surface area (TPSA) is 280 Å². The van der Waals surface area contributed by atoms with Gasteiger partial charge in [-0.05, 0) is 49.1 Å². The van der Waals surface area contributed by atoms with Crippen LogP contribution in [0.1, 0.15) is 96.1 Å². The monoisotopic (exact) mass is 951 g/mol. The Morgan fingerprint density at radius 3 is 2.12 bits per heavy atom. The highest BCUT2D eigenvalue weighted by molar-refractivity contribution is 5.95. The predicted octanol–water partition coefficient (Wildman–Crippen LogP) is 1.69. The number of Topliss-reactive ketones (excluding diaryl/α,β-unsaturated/α-hetero) is 1. The van der Waals surface area contributed by atoms with Gasteiger partial charge in [0, 0.05) is 38.5 Å². The number of rotatable bonds is 13. The second-order valence-electron chi connectivity index (χ2n) is 19.2. The van der Waals surface area contributed by atoms with Crippen molar-refractivity contribution in [1.29, 1.82) is 0 Å². The van der Waals surface area contributed by atoms with Crippen LogP contribution in [0.4, 0.5) is 0 Å². The Kier molecular flexibility index (Phi) is 14.4. The highest BCUT2D eigenvalue weighted by Crippen LogP contribution is 2.65. The van der Waals surface area contributed by atoms with Crippen molar-refractivity contribution in [3.63, 3.8) is 0 Å². The minimum atomic E-state index is -2.49. The van der Waals surface area contributed by atoms with Gasteiger partial charge in [-0.1, -0.05) is 69.3 Å². The number of hydrogen-bond acceptors (Lipinski definition) is 18. The van der Waals surface area contributed by atoms with Crippen LogP contribution in [0.25, 0.3) is 0 Å². The molecule has 68 heavy (non-hydrogen) atoms. The largest absolute Gasteiger partial charge is 0.456 e. The first-order valence-electron chi connectivity index (χ1n) is 22.8. The van der Waals surface area contributed by atoms with Crippen molar-refractivity contribution < 1.29 is 87.5 Å². The lowest BCUT2D eigenvalue weighted by Crippen LogP contribution is -2.82. The van der Waals surface area contributed by atoms with Crippen LogP contribution in [0.2, 0.25) is 0 Å². The summed E-state index contributed by atoms with van der Waals surface area (Å²) in [5, 5.41) is 60.5. The quantitative estimate of drug-likeness (QED) is 0.0947. The molecule has 3 aliphatic carbocycles. The molecule has 1 amide bonds. The maximum Gasteiger partial charge on any atom is 0.338 e. The summed E-state index contributed by atoms with van der Waals surface area (Å²) in [4.78, 5) is 84.6. The van der Waals surface area contributed by atoms with Crippen molar-refractivity contribution in [2.24, 2.45) is 16.7 Å². The Labute approximate surface area is 393 Å². The Bertz CT molecular complexity index is 2290. The van der Waals surface area contributed by atoms with Gasteiger partial charge in [-0.2, -0.15) is 0 Å². The molecule has 19 heteroatoms. The number of carbonyl (C=O) groups is 6. The summed E-state index contributed by atoms with van der Waals surface area (Å²) in [6, 6.07) is 14.7. The molecule has 2 aliphatic heterocycles. The third-order valence-electron chi connectivity index (χ3n) is 14.7. The van der Waals surface area contributed by atoms with Gasteiger partial charge in [-0.15, -0.1) is 0 Å². The number of ketones is 1. The number of benzene rings is 2. The maximum atomic E-state index is 16.1. The number of amides is 1. The number of aliphatic hydroxyl groups is 5. The fraction of sp³-hybridized carbons (Fsp3) is 0.592. The van der Waals surface area contributed by atoms with Crippen LogP contribution in [-0.2, 0) is 57.1 Å². The molecule has 2 aromatic carbocycles. The van der Waals surface area contributed by atoms with Gasteiger partial charge in [-0.25, -0.2) is 9.59 Å². The SMILES string of the molecule is CCCC(=O)N[C@@H](c1ccccc1)[C@@H](O)C(=O)O[C@H]1C[C@@]2(O)[C@@H](OC(=O)c3ccccc3)[C@@H]3[C@]4(OC(C)=O)CO[C@@H]4C[C@H](O[C@@H]4OC[C@@H](O)[C@H](O)[C@H]4O)[C@@]3(C)C(=O)C(OC(C)=O)C(=C1C)C2(C)C. The summed E-state index contributed by atoms with van der Waals surface area (Å²) in [5.41, 5.74) is -7.85. The molecule has 2 saturated heterocycles. The Morgan fingerprint density at radius 1 is 0.882 bits per heavy atom. The van der Waals surface area contributed by atoms with E-state index < -0.39 is 150 Å². The van der Waals surface area contributed by atoms with Gasteiger partial charge in [0.05, 0.1) is 42.3 Å². The number of esters is 4. The Morgan fingerprint density at radius 2 is 1.53 bits per heavy atom. The molecule has 4 fully saturated rings. The van der Waals surface area contributed by atoms with E-state index in [0.29, 0.717) is 12.0 Å². The van der Waals surface area contributed by atoms with Crippen LogP contribution >= 0.6 is 0 Å². The van der Waals surface area contributed by atoms with E-state index in [-0.39, 0.29) is 29.6 Å². The third-order valence-corrected chi connectivity index (χ3v) is 14.7. The minimum absolute atomic E-state index is 0.0190. The lowest BCUT2D eigenvalue weighted by molar-refractivity contribution is -0.366. The number of aliphatic hydroxyl groups excluding tert-OH is 4. The van der Waals surface area contributed by atoms with E-state index >= 15 is 4.79 Å². The lowest BCUT2D eigenvalue weighted by atomic mass is 9.44. The molecule has 2 heterocycles. The summed E-state index contributed by atoms with van der Waals surface area (Å²) < 4.78 is 43.0. The molecule has 2 bridgehead atoms. The van der Waals surface area contributed by atoms with Crippen LogP contribution in [0, 0.1) is 16.7 Å². The summed E-state index contributed by atoms with van der Waals surface area (Å²) in [6.07, 6.45) is -17.2.